The molecule has 1 aliphatic carbocycles. The molecule has 0 amide bonds. The van der Waals surface area contributed by atoms with Gasteiger partial charge in [-0.05, 0) is 37.5 Å². The average molecular weight is 184 g/mol. The van der Waals surface area contributed by atoms with Crippen LogP contribution in [0.1, 0.15) is 30.9 Å². The van der Waals surface area contributed by atoms with Crippen LogP contribution in [-0.2, 0) is 10.2 Å². The second-order valence-corrected chi connectivity index (χ2v) is 3.86. The molecule has 0 aliphatic heterocycles. The zero-order chi connectivity index (χ0) is 10.2. The van der Waals surface area contributed by atoms with Gasteiger partial charge in [0.2, 0.25) is 0 Å². The largest absolute Gasteiger partial charge is 0.299 e. The Morgan fingerprint density at radius 1 is 1.36 bits per heavy atom. The van der Waals surface area contributed by atoms with Gasteiger partial charge in [-0.25, -0.2) is 0 Å². The molecule has 1 heteroatoms. The van der Waals surface area contributed by atoms with Crippen molar-refractivity contribution < 1.29 is 4.79 Å². The first-order chi connectivity index (χ1) is 6.69. The number of hydrogen-bond acceptors (Lipinski definition) is 1. The molecule has 1 saturated carbocycles. The molecule has 1 fully saturated rings. The Kier molecular flexibility index (Phi) is 1.93. The van der Waals surface area contributed by atoms with Gasteiger partial charge in [0.15, 0.2) is 0 Å². The fourth-order valence-corrected chi connectivity index (χ4v) is 1.85. The van der Waals surface area contributed by atoms with Crippen LogP contribution in [0.2, 0.25) is 0 Å². The van der Waals surface area contributed by atoms with Crippen molar-refractivity contribution in [3.63, 3.8) is 0 Å². The smallest absolute Gasteiger partial charge is 0.140 e. The van der Waals surface area contributed by atoms with Crippen LogP contribution in [0.4, 0.5) is 0 Å². The van der Waals surface area contributed by atoms with E-state index in [2.05, 4.69) is 5.92 Å². The van der Waals surface area contributed by atoms with Crippen LogP contribution in [0, 0.1) is 12.3 Å². The molecule has 70 valence electrons. The number of ketones is 1. The van der Waals surface area contributed by atoms with Crippen LogP contribution < -0.4 is 0 Å². The lowest BCUT2D eigenvalue weighted by atomic mass is 9.91. The van der Waals surface area contributed by atoms with Gasteiger partial charge in [0.1, 0.15) is 5.78 Å². The Balaban J connectivity index is 2.35. The maximum Gasteiger partial charge on any atom is 0.140 e. The summed E-state index contributed by atoms with van der Waals surface area (Å²) in [6.07, 6.45) is 7.24. The van der Waals surface area contributed by atoms with E-state index in [0.717, 1.165) is 24.0 Å². The maximum absolute atomic E-state index is 11.4. The summed E-state index contributed by atoms with van der Waals surface area (Å²) in [7, 11) is 0. The van der Waals surface area contributed by atoms with Gasteiger partial charge in [0.25, 0.3) is 0 Å². The zero-order valence-electron chi connectivity index (χ0n) is 8.21. The third kappa shape index (κ3) is 1.24. The normalized spacial score (nSPS) is 17.1. The third-order valence-electron chi connectivity index (χ3n) is 3.03. The standard InChI is InChI=1S/C13H12O/c1-3-11-4-6-12(7-5-11)13(8-9-13)10(2)14/h1,4-7H,8-9H2,2H3. The van der Waals surface area contributed by atoms with Crippen molar-refractivity contribution in [3.8, 4) is 12.3 Å². The predicted molar refractivity (Wildman–Crippen MR) is 56.0 cm³/mol. The van der Waals surface area contributed by atoms with E-state index in [0.29, 0.717) is 0 Å². The number of benzene rings is 1. The second-order valence-electron chi connectivity index (χ2n) is 3.86. The van der Waals surface area contributed by atoms with E-state index in [9.17, 15) is 4.79 Å². The summed E-state index contributed by atoms with van der Waals surface area (Å²) in [4.78, 5) is 11.4. The SMILES string of the molecule is C#Cc1ccc(C2(C(C)=O)CC2)cc1. The van der Waals surface area contributed by atoms with Crippen molar-refractivity contribution in [3.05, 3.63) is 35.4 Å². The van der Waals surface area contributed by atoms with Crippen molar-refractivity contribution in [2.75, 3.05) is 0 Å². The Hall–Kier alpha value is -1.55. The van der Waals surface area contributed by atoms with Gasteiger partial charge in [-0.2, -0.15) is 0 Å². The summed E-state index contributed by atoms with van der Waals surface area (Å²) < 4.78 is 0. The van der Waals surface area contributed by atoms with Crippen LogP contribution in [0.15, 0.2) is 24.3 Å². The lowest BCUT2D eigenvalue weighted by Gasteiger charge is -2.11. The molecule has 0 radical (unpaired) electrons. The van der Waals surface area contributed by atoms with Crippen LogP contribution in [0.5, 0.6) is 0 Å². The quantitative estimate of drug-likeness (QED) is 0.644. The minimum atomic E-state index is -0.173. The third-order valence-corrected chi connectivity index (χ3v) is 3.03. The Morgan fingerprint density at radius 3 is 2.29 bits per heavy atom. The van der Waals surface area contributed by atoms with Crippen molar-refractivity contribution in [2.24, 2.45) is 0 Å². The molecule has 0 aromatic heterocycles. The molecule has 2 rings (SSSR count). The summed E-state index contributed by atoms with van der Waals surface area (Å²) in [6.45, 7) is 1.67. The summed E-state index contributed by atoms with van der Waals surface area (Å²) in [6, 6.07) is 7.75. The molecule has 14 heavy (non-hydrogen) atoms. The van der Waals surface area contributed by atoms with E-state index < -0.39 is 0 Å². The highest BCUT2D eigenvalue weighted by Gasteiger charge is 2.48. The molecule has 0 atom stereocenters. The van der Waals surface area contributed by atoms with Crippen LogP contribution in [0.25, 0.3) is 0 Å². The van der Waals surface area contributed by atoms with Gasteiger partial charge in [-0.15, -0.1) is 6.42 Å². The van der Waals surface area contributed by atoms with Gasteiger partial charge in [0, 0.05) is 5.56 Å². The molecular formula is C13H12O. The maximum atomic E-state index is 11.4. The van der Waals surface area contributed by atoms with E-state index in [-0.39, 0.29) is 11.2 Å². The van der Waals surface area contributed by atoms with Crippen LogP contribution in [0.3, 0.4) is 0 Å². The molecule has 0 unspecified atom stereocenters. The Bertz CT molecular complexity index is 402. The number of Topliss-reactive ketones (excluding diaryl/α,β-unsaturated/α-hetero) is 1. The number of terminal acetylenes is 1. The average Bonchev–Trinajstić information content (AvgIpc) is 2.99. The molecule has 1 aromatic rings. The lowest BCUT2D eigenvalue weighted by molar-refractivity contribution is -0.119. The van der Waals surface area contributed by atoms with Crippen LogP contribution >= 0.6 is 0 Å². The van der Waals surface area contributed by atoms with Gasteiger partial charge in [0.05, 0.1) is 5.41 Å². The Labute approximate surface area is 84.1 Å². The number of carbonyl (C=O) groups is 1. The fourth-order valence-electron chi connectivity index (χ4n) is 1.85. The van der Waals surface area contributed by atoms with Gasteiger partial charge in [-0.1, -0.05) is 18.1 Å². The molecule has 0 spiro atoms. The molecule has 1 aliphatic rings. The van der Waals surface area contributed by atoms with Crippen molar-refractivity contribution in [1.29, 1.82) is 0 Å². The molecule has 0 bridgehead atoms. The number of rotatable bonds is 2. The van der Waals surface area contributed by atoms with E-state index in [4.69, 9.17) is 6.42 Å². The van der Waals surface area contributed by atoms with E-state index in [1.807, 2.05) is 24.3 Å². The highest BCUT2D eigenvalue weighted by Crippen LogP contribution is 2.48. The topological polar surface area (TPSA) is 17.1 Å². The summed E-state index contributed by atoms with van der Waals surface area (Å²) >= 11 is 0. The van der Waals surface area contributed by atoms with Crippen molar-refractivity contribution >= 4 is 5.78 Å². The zero-order valence-corrected chi connectivity index (χ0v) is 8.21. The molecule has 0 saturated heterocycles. The first-order valence-corrected chi connectivity index (χ1v) is 4.77. The summed E-state index contributed by atoms with van der Waals surface area (Å²) in [5.41, 5.74) is 1.81. The van der Waals surface area contributed by atoms with Gasteiger partial charge < -0.3 is 0 Å². The van der Waals surface area contributed by atoms with E-state index in [1.54, 1.807) is 6.92 Å². The lowest BCUT2D eigenvalue weighted by Crippen LogP contribution is -2.16. The van der Waals surface area contributed by atoms with Crippen molar-refractivity contribution in [1.82, 2.24) is 0 Å². The second kappa shape index (κ2) is 2.99. The fraction of sp³-hybridized carbons (Fsp3) is 0.308. The van der Waals surface area contributed by atoms with Crippen molar-refractivity contribution in [2.45, 2.75) is 25.2 Å². The number of carbonyl (C=O) groups excluding carboxylic acids is 1. The summed E-state index contributed by atoms with van der Waals surface area (Å²) in [5.74, 6) is 2.84. The minimum Gasteiger partial charge on any atom is -0.299 e. The highest BCUT2D eigenvalue weighted by atomic mass is 16.1. The van der Waals surface area contributed by atoms with E-state index >= 15 is 0 Å². The number of hydrogen-bond donors (Lipinski definition) is 0. The molecule has 0 N–H and O–H groups in total. The predicted octanol–water partition coefficient (Wildman–Crippen LogP) is 2.29. The summed E-state index contributed by atoms with van der Waals surface area (Å²) in [5, 5.41) is 0. The Morgan fingerprint density at radius 2 is 1.93 bits per heavy atom. The monoisotopic (exact) mass is 184 g/mol. The van der Waals surface area contributed by atoms with Gasteiger partial charge in [-0.3, -0.25) is 4.79 Å². The molecule has 1 aromatic carbocycles. The van der Waals surface area contributed by atoms with E-state index in [1.165, 1.54) is 0 Å². The minimum absolute atomic E-state index is 0.173. The molecular weight excluding hydrogens is 172 g/mol. The van der Waals surface area contributed by atoms with Crippen LogP contribution in [-0.4, -0.2) is 5.78 Å². The molecule has 0 heterocycles. The van der Waals surface area contributed by atoms with Gasteiger partial charge >= 0.3 is 0 Å². The first-order valence-electron chi connectivity index (χ1n) is 4.77. The first kappa shape index (κ1) is 9.02. The molecule has 1 nitrogen and oxygen atoms in total. The highest BCUT2D eigenvalue weighted by molar-refractivity contribution is 5.91.